The number of phenols is 1. The molecule has 0 bridgehead atoms. The van der Waals surface area contributed by atoms with E-state index in [0.717, 1.165) is 26.8 Å². The Bertz CT molecular complexity index is 1060. The van der Waals surface area contributed by atoms with Gasteiger partial charge in [0.15, 0.2) is 5.96 Å². The summed E-state index contributed by atoms with van der Waals surface area (Å²) in [5, 5.41) is 13.0. The van der Waals surface area contributed by atoms with E-state index in [2.05, 4.69) is 23.2 Å². The lowest BCUT2D eigenvalue weighted by atomic mass is 9.85. The van der Waals surface area contributed by atoms with Crippen molar-refractivity contribution in [1.82, 2.24) is 4.90 Å². The number of fused-ring (bicyclic) bond motifs is 1. The predicted octanol–water partition coefficient (Wildman–Crippen LogP) is 3.67. The molecule has 0 unspecified atom stereocenters. The molecule has 0 radical (unpaired) electrons. The van der Waals surface area contributed by atoms with Crippen LogP contribution in [0, 0.1) is 0 Å². The monoisotopic (exact) mass is 365 g/mol. The average Bonchev–Trinajstić information content (AvgIpc) is 3.07. The number of carbonyl (C=O) groups is 1. The summed E-state index contributed by atoms with van der Waals surface area (Å²) < 4.78 is 1.14. The van der Waals surface area contributed by atoms with Crippen molar-refractivity contribution in [2.45, 2.75) is 18.9 Å². The molecule has 0 saturated heterocycles. The highest BCUT2D eigenvalue weighted by molar-refractivity contribution is 7.17. The number of hydrogen-bond acceptors (Lipinski definition) is 5. The molecule has 4 rings (SSSR count). The first-order chi connectivity index (χ1) is 12.4. The minimum absolute atomic E-state index is 0.0516. The highest BCUT2D eigenvalue weighted by Crippen LogP contribution is 2.40. The molecule has 0 aliphatic carbocycles. The number of amides is 1. The molecule has 0 fully saturated rings. The summed E-state index contributed by atoms with van der Waals surface area (Å²) in [6, 6.07) is 13.4. The second-order valence-corrected chi connectivity index (χ2v) is 7.70. The number of guanidine groups is 1. The van der Waals surface area contributed by atoms with Gasteiger partial charge in [-0.2, -0.15) is 0 Å². The molecule has 2 aromatic carbocycles. The van der Waals surface area contributed by atoms with Gasteiger partial charge in [0.05, 0.1) is 12.0 Å². The molecular formula is C20H19N3O2S. The zero-order chi connectivity index (χ0) is 18.5. The lowest BCUT2D eigenvalue weighted by Crippen LogP contribution is -2.47. The molecule has 1 amide bonds. The first kappa shape index (κ1) is 16.6. The van der Waals surface area contributed by atoms with Crippen molar-refractivity contribution in [1.29, 1.82) is 0 Å². The molecule has 6 heteroatoms. The van der Waals surface area contributed by atoms with Crippen LogP contribution >= 0.6 is 11.3 Å². The maximum Gasteiger partial charge on any atom is 0.231 e. The first-order valence-electron chi connectivity index (χ1n) is 8.30. The third kappa shape index (κ3) is 2.63. The summed E-state index contributed by atoms with van der Waals surface area (Å²) in [5.41, 5.74) is 8.14. The predicted molar refractivity (Wildman–Crippen MR) is 105 cm³/mol. The minimum atomic E-state index is -0.713. The fourth-order valence-corrected chi connectivity index (χ4v) is 4.27. The number of benzene rings is 2. The van der Waals surface area contributed by atoms with Gasteiger partial charge in [-0.15, -0.1) is 11.3 Å². The van der Waals surface area contributed by atoms with Crippen molar-refractivity contribution in [3.63, 3.8) is 0 Å². The van der Waals surface area contributed by atoms with Gasteiger partial charge in [-0.25, -0.2) is 4.99 Å². The number of phenolic OH excluding ortho intramolecular Hbond substituents is 1. The summed E-state index contributed by atoms with van der Waals surface area (Å²) in [4.78, 5) is 18.3. The average molecular weight is 365 g/mol. The van der Waals surface area contributed by atoms with E-state index in [-0.39, 0.29) is 24.0 Å². The Morgan fingerprint density at radius 1 is 1.27 bits per heavy atom. The normalized spacial score (nSPS) is 20.5. The van der Waals surface area contributed by atoms with Crippen molar-refractivity contribution in [2.24, 2.45) is 10.7 Å². The Labute approximate surface area is 155 Å². The molecule has 3 N–H and O–H groups in total. The number of aromatic hydroxyl groups is 1. The summed E-state index contributed by atoms with van der Waals surface area (Å²) in [7, 11) is 1.64. The number of aliphatic imine (C=N–C) groups is 1. The lowest BCUT2D eigenvalue weighted by Gasteiger charge is -2.34. The van der Waals surface area contributed by atoms with E-state index in [1.165, 1.54) is 4.90 Å². The summed E-state index contributed by atoms with van der Waals surface area (Å²) in [5.74, 6) is 0.401. The van der Waals surface area contributed by atoms with Gasteiger partial charge in [0.1, 0.15) is 5.75 Å². The van der Waals surface area contributed by atoms with Gasteiger partial charge in [0.2, 0.25) is 5.91 Å². The summed E-state index contributed by atoms with van der Waals surface area (Å²) in [6.45, 7) is 1.94. The molecule has 132 valence electrons. The van der Waals surface area contributed by atoms with E-state index >= 15 is 0 Å². The van der Waals surface area contributed by atoms with Gasteiger partial charge in [-0.3, -0.25) is 9.69 Å². The zero-order valence-electron chi connectivity index (χ0n) is 14.6. The molecule has 1 aliphatic heterocycles. The fraction of sp³-hybridized carbons (Fsp3) is 0.200. The van der Waals surface area contributed by atoms with E-state index in [4.69, 9.17) is 5.73 Å². The van der Waals surface area contributed by atoms with Crippen LogP contribution in [-0.2, 0) is 10.3 Å². The third-order valence-corrected chi connectivity index (χ3v) is 5.87. The van der Waals surface area contributed by atoms with Crippen LogP contribution in [0.4, 0.5) is 0 Å². The van der Waals surface area contributed by atoms with E-state index in [1.54, 1.807) is 30.5 Å². The van der Waals surface area contributed by atoms with Crippen molar-refractivity contribution < 1.29 is 9.90 Å². The molecule has 1 aliphatic rings. The molecular weight excluding hydrogens is 346 g/mol. The van der Waals surface area contributed by atoms with E-state index in [1.807, 2.05) is 24.4 Å². The Morgan fingerprint density at radius 3 is 2.81 bits per heavy atom. The zero-order valence-corrected chi connectivity index (χ0v) is 15.4. The Hall–Kier alpha value is -2.86. The smallest absolute Gasteiger partial charge is 0.231 e. The van der Waals surface area contributed by atoms with Crippen molar-refractivity contribution in [2.75, 3.05) is 7.05 Å². The molecule has 2 heterocycles. The summed E-state index contributed by atoms with van der Waals surface area (Å²) in [6.07, 6.45) is 0.263. The molecule has 3 aromatic rings. The van der Waals surface area contributed by atoms with Crippen molar-refractivity contribution in [3.05, 3.63) is 53.4 Å². The van der Waals surface area contributed by atoms with Gasteiger partial charge in [0, 0.05) is 11.7 Å². The van der Waals surface area contributed by atoms with Crippen molar-refractivity contribution >= 4 is 33.3 Å². The van der Waals surface area contributed by atoms with Crippen LogP contribution in [0.3, 0.4) is 0 Å². The van der Waals surface area contributed by atoms with Gasteiger partial charge >= 0.3 is 0 Å². The highest BCUT2D eigenvalue weighted by atomic mass is 32.1. The first-order valence-corrected chi connectivity index (χ1v) is 9.18. The number of hydrogen-bond donors (Lipinski definition) is 2. The lowest BCUT2D eigenvalue weighted by molar-refractivity contribution is -0.128. The van der Waals surface area contributed by atoms with Gasteiger partial charge in [-0.1, -0.05) is 12.1 Å². The van der Waals surface area contributed by atoms with E-state index in [9.17, 15) is 9.90 Å². The topological polar surface area (TPSA) is 78.9 Å². The van der Waals surface area contributed by atoms with Crippen LogP contribution in [0.1, 0.15) is 18.9 Å². The highest BCUT2D eigenvalue weighted by Gasteiger charge is 2.36. The van der Waals surface area contributed by atoms with Crippen LogP contribution in [-0.4, -0.2) is 28.9 Å². The number of thiophene rings is 1. The molecule has 1 atom stereocenters. The Morgan fingerprint density at radius 2 is 2.08 bits per heavy atom. The van der Waals surface area contributed by atoms with Crippen molar-refractivity contribution in [3.8, 4) is 16.9 Å². The third-order valence-electron chi connectivity index (χ3n) is 4.90. The molecule has 0 saturated carbocycles. The van der Waals surface area contributed by atoms with Crippen LogP contribution in [0.25, 0.3) is 21.2 Å². The number of nitrogens with two attached hydrogens (primary N) is 1. The molecule has 1 aromatic heterocycles. The van der Waals surface area contributed by atoms with Crippen LogP contribution < -0.4 is 5.73 Å². The van der Waals surface area contributed by atoms with Crippen LogP contribution in [0.2, 0.25) is 0 Å². The molecule has 26 heavy (non-hydrogen) atoms. The number of carbonyl (C=O) groups excluding carboxylic acids is 1. The Balaban J connectivity index is 1.94. The van der Waals surface area contributed by atoms with Gasteiger partial charge in [-0.05, 0) is 64.7 Å². The van der Waals surface area contributed by atoms with E-state index in [0.29, 0.717) is 0 Å². The number of rotatable bonds is 2. The second kappa shape index (κ2) is 5.85. The van der Waals surface area contributed by atoms with Gasteiger partial charge in [0.25, 0.3) is 0 Å². The number of nitrogens with zero attached hydrogens (tertiary/aromatic N) is 2. The molecule has 5 nitrogen and oxygen atoms in total. The van der Waals surface area contributed by atoms with Gasteiger partial charge < -0.3 is 10.8 Å². The fourth-order valence-electron chi connectivity index (χ4n) is 3.36. The quantitative estimate of drug-likeness (QED) is 0.727. The minimum Gasteiger partial charge on any atom is -0.508 e. The second-order valence-electron chi connectivity index (χ2n) is 6.79. The maximum absolute atomic E-state index is 12.3. The SMILES string of the molecule is CN1C(=O)C[C@@](C)(c2cc(-c3cccc(O)c3)c3sccc3c2)N=C1N. The summed E-state index contributed by atoms with van der Waals surface area (Å²) >= 11 is 1.65. The Kier molecular flexibility index (Phi) is 3.73. The van der Waals surface area contributed by atoms with Crippen LogP contribution in [0.5, 0.6) is 5.75 Å². The maximum atomic E-state index is 12.3. The van der Waals surface area contributed by atoms with E-state index < -0.39 is 5.54 Å². The standard InChI is InChI=1S/C20H19N3O2S/c1-20(11-17(25)23(2)19(21)22-20)14-8-13-6-7-26-18(13)16(10-14)12-4-3-5-15(24)9-12/h3-10,24H,11H2,1-2H3,(H2,21,22)/t20-/m0/s1. The molecule has 0 spiro atoms. The van der Waals surface area contributed by atoms with Crippen LogP contribution in [0.15, 0.2) is 52.8 Å². The largest absolute Gasteiger partial charge is 0.508 e.